The molecule has 174 valence electrons. The highest BCUT2D eigenvalue weighted by Crippen LogP contribution is 2.24. The molecular formula is C30H32N2O2. The van der Waals surface area contributed by atoms with Gasteiger partial charge in [-0.2, -0.15) is 0 Å². The molecule has 0 atom stereocenters. The van der Waals surface area contributed by atoms with Crippen LogP contribution in [0.15, 0.2) is 102 Å². The Morgan fingerprint density at radius 1 is 0.735 bits per heavy atom. The van der Waals surface area contributed by atoms with E-state index in [1.54, 1.807) is 4.57 Å². The fraction of sp³-hybridized carbons (Fsp3) is 0.233. The standard InChI is InChI=1S/C30H32N2O2/c1-3-31(4-2)23-25-14-12-24(13-15-25)20-22-32-21-8-11-29(30(32)33)26-16-18-28(19-17-26)34-27-9-6-5-7-10-27/h5-19,21H,3-4,20,22-23H2,1-2H3. The van der Waals surface area contributed by atoms with E-state index in [1.165, 1.54) is 11.1 Å². The smallest absolute Gasteiger partial charge is 0.258 e. The molecule has 0 aliphatic heterocycles. The van der Waals surface area contributed by atoms with Gasteiger partial charge in [0, 0.05) is 24.8 Å². The van der Waals surface area contributed by atoms with E-state index < -0.39 is 0 Å². The molecule has 4 aromatic rings. The summed E-state index contributed by atoms with van der Waals surface area (Å²) in [6.07, 6.45) is 2.69. The van der Waals surface area contributed by atoms with Crippen molar-refractivity contribution in [2.24, 2.45) is 0 Å². The summed E-state index contributed by atoms with van der Waals surface area (Å²) in [5.41, 5.74) is 4.18. The Hall–Kier alpha value is -3.63. The number of nitrogens with zero attached hydrogens (tertiary/aromatic N) is 2. The summed E-state index contributed by atoms with van der Waals surface area (Å²) in [5, 5.41) is 0. The fourth-order valence-corrected chi connectivity index (χ4v) is 4.03. The van der Waals surface area contributed by atoms with Gasteiger partial charge in [-0.15, -0.1) is 0 Å². The molecule has 0 amide bonds. The van der Waals surface area contributed by atoms with Crippen molar-refractivity contribution in [3.63, 3.8) is 0 Å². The third kappa shape index (κ3) is 6.03. The molecule has 0 aliphatic carbocycles. The van der Waals surface area contributed by atoms with Gasteiger partial charge in [-0.05, 0) is 72.6 Å². The molecule has 0 saturated carbocycles. The largest absolute Gasteiger partial charge is 0.457 e. The van der Waals surface area contributed by atoms with E-state index in [4.69, 9.17) is 4.74 Å². The van der Waals surface area contributed by atoms with E-state index in [1.807, 2.05) is 72.9 Å². The van der Waals surface area contributed by atoms with Gasteiger partial charge < -0.3 is 9.30 Å². The van der Waals surface area contributed by atoms with Crippen molar-refractivity contribution in [1.82, 2.24) is 9.47 Å². The minimum atomic E-state index is 0.0254. The van der Waals surface area contributed by atoms with Crippen molar-refractivity contribution in [1.29, 1.82) is 0 Å². The SMILES string of the molecule is CCN(CC)Cc1ccc(CCn2cccc(-c3ccc(Oc4ccccc4)cc3)c2=O)cc1. The maximum Gasteiger partial charge on any atom is 0.258 e. The Balaban J connectivity index is 1.41. The Bertz CT molecular complexity index is 1230. The van der Waals surface area contributed by atoms with Crippen LogP contribution < -0.4 is 10.3 Å². The zero-order chi connectivity index (χ0) is 23.8. The van der Waals surface area contributed by atoms with E-state index in [0.29, 0.717) is 12.1 Å². The number of pyridine rings is 1. The van der Waals surface area contributed by atoms with E-state index in [9.17, 15) is 4.79 Å². The first kappa shape index (κ1) is 23.5. The van der Waals surface area contributed by atoms with Gasteiger partial charge in [-0.1, -0.05) is 68.4 Å². The number of ether oxygens (including phenoxy) is 1. The second-order valence-electron chi connectivity index (χ2n) is 8.39. The monoisotopic (exact) mass is 452 g/mol. The lowest BCUT2D eigenvalue weighted by Gasteiger charge is -2.18. The second-order valence-corrected chi connectivity index (χ2v) is 8.39. The van der Waals surface area contributed by atoms with Gasteiger partial charge in [0.2, 0.25) is 0 Å². The van der Waals surface area contributed by atoms with Crippen molar-refractivity contribution in [2.75, 3.05) is 13.1 Å². The van der Waals surface area contributed by atoms with Gasteiger partial charge in [0.25, 0.3) is 5.56 Å². The molecular weight excluding hydrogens is 420 g/mol. The van der Waals surface area contributed by atoms with Crippen LogP contribution in [0.25, 0.3) is 11.1 Å². The Morgan fingerprint density at radius 3 is 2.06 bits per heavy atom. The summed E-state index contributed by atoms with van der Waals surface area (Å²) in [4.78, 5) is 15.5. The predicted octanol–water partition coefficient (Wildman–Crippen LogP) is 6.39. The highest BCUT2D eigenvalue weighted by molar-refractivity contribution is 5.63. The van der Waals surface area contributed by atoms with Crippen LogP contribution in [0.1, 0.15) is 25.0 Å². The highest BCUT2D eigenvalue weighted by Gasteiger charge is 2.08. The zero-order valence-electron chi connectivity index (χ0n) is 20.0. The van der Waals surface area contributed by atoms with Crippen molar-refractivity contribution >= 4 is 0 Å². The molecule has 4 rings (SSSR count). The molecule has 0 saturated heterocycles. The quantitative estimate of drug-likeness (QED) is 0.279. The summed E-state index contributed by atoms with van der Waals surface area (Å²) >= 11 is 0. The first-order valence-electron chi connectivity index (χ1n) is 12.0. The minimum Gasteiger partial charge on any atom is -0.457 e. The molecule has 0 spiro atoms. The molecule has 0 fully saturated rings. The molecule has 1 aromatic heterocycles. The molecule has 0 unspecified atom stereocenters. The van der Waals surface area contributed by atoms with Crippen LogP contribution in [0.3, 0.4) is 0 Å². The highest BCUT2D eigenvalue weighted by atomic mass is 16.5. The van der Waals surface area contributed by atoms with Gasteiger partial charge in [0.05, 0.1) is 0 Å². The van der Waals surface area contributed by atoms with Crippen molar-refractivity contribution in [3.8, 4) is 22.6 Å². The van der Waals surface area contributed by atoms with Crippen molar-refractivity contribution in [2.45, 2.75) is 33.4 Å². The van der Waals surface area contributed by atoms with E-state index in [0.717, 1.165) is 43.1 Å². The molecule has 0 aliphatic rings. The normalized spacial score (nSPS) is 11.0. The first-order valence-corrected chi connectivity index (χ1v) is 12.0. The summed E-state index contributed by atoms with van der Waals surface area (Å²) in [6.45, 7) is 8.12. The second kappa shape index (κ2) is 11.5. The number of hydrogen-bond acceptors (Lipinski definition) is 3. The van der Waals surface area contributed by atoms with Crippen LogP contribution in [0.2, 0.25) is 0 Å². The maximum atomic E-state index is 13.1. The Morgan fingerprint density at radius 2 is 1.38 bits per heavy atom. The summed E-state index contributed by atoms with van der Waals surface area (Å²) in [6, 6.07) is 29.9. The van der Waals surface area contributed by atoms with E-state index >= 15 is 0 Å². The van der Waals surface area contributed by atoms with Crippen LogP contribution in [0.5, 0.6) is 11.5 Å². The van der Waals surface area contributed by atoms with Crippen LogP contribution >= 0.6 is 0 Å². The predicted molar refractivity (Wildman–Crippen MR) is 139 cm³/mol. The third-order valence-electron chi connectivity index (χ3n) is 6.13. The van der Waals surface area contributed by atoms with Gasteiger partial charge >= 0.3 is 0 Å². The number of para-hydroxylation sites is 1. The lowest BCUT2D eigenvalue weighted by atomic mass is 10.1. The van der Waals surface area contributed by atoms with E-state index in [-0.39, 0.29) is 5.56 Å². The molecule has 4 heteroatoms. The number of rotatable bonds is 10. The molecule has 4 nitrogen and oxygen atoms in total. The number of hydrogen-bond donors (Lipinski definition) is 0. The fourth-order valence-electron chi connectivity index (χ4n) is 4.03. The minimum absolute atomic E-state index is 0.0254. The number of aromatic nitrogens is 1. The van der Waals surface area contributed by atoms with Crippen LogP contribution in [0.4, 0.5) is 0 Å². The molecule has 34 heavy (non-hydrogen) atoms. The van der Waals surface area contributed by atoms with Crippen LogP contribution in [-0.4, -0.2) is 22.6 Å². The summed E-state index contributed by atoms with van der Waals surface area (Å²) in [7, 11) is 0. The van der Waals surface area contributed by atoms with E-state index in [2.05, 4.69) is 43.0 Å². The molecule has 3 aromatic carbocycles. The Kier molecular flexibility index (Phi) is 7.95. The van der Waals surface area contributed by atoms with Crippen LogP contribution in [-0.2, 0) is 19.5 Å². The lowest BCUT2D eigenvalue weighted by molar-refractivity contribution is 0.296. The third-order valence-corrected chi connectivity index (χ3v) is 6.13. The molecule has 0 N–H and O–H groups in total. The average Bonchev–Trinajstić information content (AvgIpc) is 2.88. The van der Waals surface area contributed by atoms with Crippen LogP contribution in [0, 0.1) is 0 Å². The first-order chi connectivity index (χ1) is 16.7. The topological polar surface area (TPSA) is 34.5 Å². The lowest BCUT2D eigenvalue weighted by Crippen LogP contribution is -2.22. The van der Waals surface area contributed by atoms with Gasteiger partial charge in [-0.3, -0.25) is 9.69 Å². The Labute approximate surface area is 202 Å². The van der Waals surface area contributed by atoms with Gasteiger partial charge in [0.1, 0.15) is 11.5 Å². The van der Waals surface area contributed by atoms with Crippen molar-refractivity contribution in [3.05, 3.63) is 119 Å². The molecule has 1 heterocycles. The maximum absolute atomic E-state index is 13.1. The van der Waals surface area contributed by atoms with Crippen molar-refractivity contribution < 1.29 is 4.74 Å². The number of benzene rings is 3. The van der Waals surface area contributed by atoms with Gasteiger partial charge in [-0.25, -0.2) is 0 Å². The molecule has 0 bridgehead atoms. The average molecular weight is 453 g/mol. The number of aryl methyl sites for hydroxylation is 2. The zero-order valence-corrected chi connectivity index (χ0v) is 20.0. The summed E-state index contributed by atoms with van der Waals surface area (Å²) < 4.78 is 7.67. The van der Waals surface area contributed by atoms with Gasteiger partial charge in [0.15, 0.2) is 0 Å². The summed E-state index contributed by atoms with van der Waals surface area (Å²) in [5.74, 6) is 1.54. The molecule has 0 radical (unpaired) electrons.